The summed E-state index contributed by atoms with van der Waals surface area (Å²) < 4.78 is 28.2. The van der Waals surface area contributed by atoms with Crippen LogP contribution in [0.2, 0.25) is 10.0 Å². The number of benzene rings is 1. The van der Waals surface area contributed by atoms with E-state index in [1.54, 1.807) is 0 Å². The highest BCUT2D eigenvalue weighted by Gasteiger charge is 2.25. The smallest absolute Gasteiger partial charge is 0.335 e. The van der Waals surface area contributed by atoms with E-state index >= 15 is 0 Å². The van der Waals surface area contributed by atoms with Crippen molar-refractivity contribution in [3.05, 3.63) is 27.7 Å². The number of aromatic carboxylic acids is 1. The maximum atomic E-state index is 12.3. The molecular formula is C12H14Cl2N2O4S. The fraction of sp³-hybridized carbons (Fsp3) is 0.417. The molecule has 21 heavy (non-hydrogen) atoms. The molecule has 0 aromatic heterocycles. The van der Waals surface area contributed by atoms with E-state index in [1.165, 1.54) is 4.31 Å². The van der Waals surface area contributed by atoms with Crippen molar-refractivity contribution < 1.29 is 18.3 Å². The van der Waals surface area contributed by atoms with Gasteiger partial charge in [-0.15, -0.1) is 0 Å². The number of carbonyl (C=O) groups is 1. The molecule has 1 aromatic rings. The first-order chi connectivity index (χ1) is 9.81. The van der Waals surface area contributed by atoms with Crippen molar-refractivity contribution in [1.82, 2.24) is 4.31 Å². The number of nitrogens with one attached hydrogen (secondary N) is 1. The minimum Gasteiger partial charge on any atom is -0.478 e. The molecule has 1 saturated heterocycles. The molecule has 0 aliphatic carbocycles. The molecule has 0 amide bonds. The zero-order chi connectivity index (χ0) is 15.6. The Kier molecular flexibility index (Phi) is 4.98. The maximum Gasteiger partial charge on any atom is 0.335 e. The van der Waals surface area contributed by atoms with Crippen LogP contribution in [0.5, 0.6) is 0 Å². The summed E-state index contributed by atoms with van der Waals surface area (Å²) in [6.07, 6.45) is 2.61. The number of anilines is 1. The summed E-state index contributed by atoms with van der Waals surface area (Å²) in [5, 5.41) is 8.79. The van der Waals surface area contributed by atoms with Gasteiger partial charge in [-0.05, 0) is 25.0 Å². The van der Waals surface area contributed by atoms with Crippen molar-refractivity contribution in [1.29, 1.82) is 0 Å². The normalized spacial score (nSPS) is 16.7. The molecule has 1 aliphatic rings. The second-order valence-electron chi connectivity index (χ2n) is 4.69. The summed E-state index contributed by atoms with van der Waals surface area (Å²) in [5.41, 5.74) is -0.111. The topological polar surface area (TPSA) is 86.7 Å². The number of halogens is 2. The summed E-state index contributed by atoms with van der Waals surface area (Å²) in [6.45, 7) is 0.884. The SMILES string of the molecule is O=C(O)c1cc(Cl)c(NS(=O)(=O)N2CCCCC2)c(Cl)c1. The van der Waals surface area contributed by atoms with E-state index in [1.807, 2.05) is 0 Å². The standard InChI is InChI=1S/C12H14Cl2N2O4S/c13-9-6-8(12(17)18)7-10(14)11(9)15-21(19,20)16-4-2-1-3-5-16/h6-7,15H,1-5H2,(H,17,18). The monoisotopic (exact) mass is 352 g/mol. The molecule has 0 radical (unpaired) electrons. The number of piperidine rings is 1. The molecule has 116 valence electrons. The molecule has 1 heterocycles. The predicted molar refractivity (Wildman–Crippen MR) is 81.4 cm³/mol. The lowest BCUT2D eigenvalue weighted by atomic mass is 10.2. The molecule has 2 N–H and O–H groups in total. The Labute approximate surface area is 132 Å². The second kappa shape index (κ2) is 6.39. The van der Waals surface area contributed by atoms with Gasteiger partial charge in [0.2, 0.25) is 0 Å². The van der Waals surface area contributed by atoms with E-state index < -0.39 is 16.2 Å². The van der Waals surface area contributed by atoms with Crippen molar-refractivity contribution in [3.63, 3.8) is 0 Å². The minimum atomic E-state index is -3.75. The average molecular weight is 353 g/mol. The van der Waals surface area contributed by atoms with Crippen molar-refractivity contribution in [2.45, 2.75) is 19.3 Å². The number of hydrogen-bond acceptors (Lipinski definition) is 3. The first-order valence-corrected chi connectivity index (χ1v) is 8.51. The number of carboxylic acid groups (broad SMARTS) is 1. The minimum absolute atomic E-state index is 0.00564. The van der Waals surface area contributed by atoms with Gasteiger partial charge in [0.15, 0.2) is 0 Å². The van der Waals surface area contributed by atoms with Crippen molar-refractivity contribution in [2.75, 3.05) is 17.8 Å². The van der Waals surface area contributed by atoms with Crippen LogP contribution >= 0.6 is 23.2 Å². The number of carboxylic acids is 1. The summed E-state index contributed by atoms with van der Waals surface area (Å²) in [7, 11) is -3.75. The molecular weight excluding hydrogens is 339 g/mol. The van der Waals surface area contributed by atoms with Crippen LogP contribution < -0.4 is 4.72 Å². The molecule has 9 heteroatoms. The lowest BCUT2D eigenvalue weighted by Crippen LogP contribution is -2.39. The molecule has 1 fully saturated rings. The molecule has 0 spiro atoms. The van der Waals surface area contributed by atoms with Gasteiger partial charge in [-0.2, -0.15) is 12.7 Å². The fourth-order valence-electron chi connectivity index (χ4n) is 2.09. The van der Waals surface area contributed by atoms with Crippen LogP contribution in [0.15, 0.2) is 12.1 Å². The van der Waals surface area contributed by atoms with Gasteiger partial charge in [0.25, 0.3) is 0 Å². The van der Waals surface area contributed by atoms with Crippen LogP contribution in [-0.2, 0) is 10.2 Å². The first kappa shape index (κ1) is 16.4. The molecule has 0 unspecified atom stereocenters. The third kappa shape index (κ3) is 3.79. The average Bonchev–Trinajstić information content (AvgIpc) is 2.43. The number of hydrogen-bond donors (Lipinski definition) is 2. The molecule has 0 bridgehead atoms. The quantitative estimate of drug-likeness (QED) is 0.872. The summed E-state index contributed by atoms with van der Waals surface area (Å²) >= 11 is 11.9. The van der Waals surface area contributed by atoms with Gasteiger partial charge in [-0.3, -0.25) is 4.72 Å². The Morgan fingerprint density at radius 3 is 2.14 bits per heavy atom. The Balaban J connectivity index is 2.28. The summed E-state index contributed by atoms with van der Waals surface area (Å²) in [5.74, 6) is -1.19. The van der Waals surface area contributed by atoms with Crippen LogP contribution in [0.1, 0.15) is 29.6 Å². The molecule has 1 aromatic carbocycles. The number of nitrogens with zero attached hydrogens (tertiary/aromatic N) is 1. The fourth-order valence-corrected chi connectivity index (χ4v) is 4.13. The highest BCUT2D eigenvalue weighted by molar-refractivity contribution is 7.90. The molecule has 6 nitrogen and oxygen atoms in total. The van der Waals surface area contributed by atoms with Gasteiger partial charge < -0.3 is 5.11 Å². The van der Waals surface area contributed by atoms with Gasteiger partial charge in [0, 0.05) is 13.1 Å². The van der Waals surface area contributed by atoms with Crippen LogP contribution in [0.25, 0.3) is 0 Å². The van der Waals surface area contributed by atoms with Crippen molar-refractivity contribution >= 4 is 45.1 Å². The summed E-state index contributed by atoms with van der Waals surface area (Å²) in [4.78, 5) is 10.9. The van der Waals surface area contributed by atoms with E-state index in [0.29, 0.717) is 13.1 Å². The van der Waals surface area contributed by atoms with Crippen LogP contribution in [0.4, 0.5) is 5.69 Å². The predicted octanol–water partition coefficient (Wildman–Crippen LogP) is 2.83. The van der Waals surface area contributed by atoms with Gasteiger partial charge >= 0.3 is 16.2 Å². The third-order valence-electron chi connectivity index (χ3n) is 3.18. The molecule has 0 saturated carbocycles. The highest BCUT2D eigenvalue weighted by Crippen LogP contribution is 2.33. The van der Waals surface area contributed by atoms with Gasteiger partial charge in [-0.25, -0.2) is 4.79 Å². The Bertz CT molecular complexity index is 634. The van der Waals surface area contributed by atoms with Gasteiger partial charge in [0.1, 0.15) is 0 Å². The maximum absolute atomic E-state index is 12.3. The van der Waals surface area contributed by atoms with E-state index in [2.05, 4.69) is 4.72 Å². The molecule has 0 atom stereocenters. The second-order valence-corrected chi connectivity index (χ2v) is 7.17. The van der Waals surface area contributed by atoms with Crippen LogP contribution in [-0.4, -0.2) is 36.9 Å². The summed E-state index contributed by atoms with van der Waals surface area (Å²) in [6, 6.07) is 2.31. The van der Waals surface area contributed by atoms with E-state index in [0.717, 1.165) is 31.4 Å². The first-order valence-electron chi connectivity index (χ1n) is 6.31. The highest BCUT2D eigenvalue weighted by atomic mass is 35.5. The third-order valence-corrected chi connectivity index (χ3v) is 5.28. The van der Waals surface area contributed by atoms with E-state index in [9.17, 15) is 13.2 Å². The molecule has 2 rings (SSSR count). The number of rotatable bonds is 4. The Hall–Kier alpha value is -1.02. The van der Waals surface area contributed by atoms with Crippen LogP contribution in [0, 0.1) is 0 Å². The largest absolute Gasteiger partial charge is 0.478 e. The zero-order valence-corrected chi connectivity index (χ0v) is 13.3. The van der Waals surface area contributed by atoms with Gasteiger partial charge in [-0.1, -0.05) is 29.6 Å². The lowest BCUT2D eigenvalue weighted by Gasteiger charge is -2.26. The lowest BCUT2D eigenvalue weighted by molar-refractivity contribution is 0.0697. The Morgan fingerprint density at radius 1 is 1.14 bits per heavy atom. The Morgan fingerprint density at radius 2 is 1.67 bits per heavy atom. The van der Waals surface area contributed by atoms with Crippen molar-refractivity contribution in [3.8, 4) is 0 Å². The van der Waals surface area contributed by atoms with Gasteiger partial charge in [0.05, 0.1) is 21.3 Å². The van der Waals surface area contributed by atoms with Crippen LogP contribution in [0.3, 0.4) is 0 Å². The van der Waals surface area contributed by atoms with E-state index in [4.69, 9.17) is 28.3 Å². The van der Waals surface area contributed by atoms with Crippen molar-refractivity contribution in [2.24, 2.45) is 0 Å². The molecule has 1 aliphatic heterocycles. The zero-order valence-electron chi connectivity index (χ0n) is 11.0. The van der Waals surface area contributed by atoms with E-state index in [-0.39, 0.29) is 21.3 Å².